The molecule has 0 saturated carbocycles. The van der Waals surface area contributed by atoms with E-state index in [0.717, 1.165) is 31.7 Å². The first kappa shape index (κ1) is 15.6. The largest absolute Gasteiger partial charge is 0.398 e. The Kier molecular flexibility index (Phi) is 3.82. The molecule has 1 atom stereocenters. The average molecular weight is 300 g/mol. The highest BCUT2D eigenvalue weighted by atomic mass is 16.5. The SMILES string of the molecule is CN1CCOC1(C)c1ccc(N)c(C2=CCC(C)(C)CC2)c1. The number of nitrogens with zero attached hydrogens (tertiary/aromatic N) is 1. The van der Waals surface area contributed by atoms with Gasteiger partial charge in [-0.1, -0.05) is 26.0 Å². The fraction of sp³-hybridized carbons (Fsp3) is 0.579. The van der Waals surface area contributed by atoms with Crippen molar-refractivity contribution in [2.75, 3.05) is 25.9 Å². The number of likely N-dealkylation sites (N-methyl/N-ethyl adjacent to an activating group) is 1. The van der Waals surface area contributed by atoms with E-state index in [4.69, 9.17) is 10.5 Å². The quantitative estimate of drug-likeness (QED) is 0.839. The first-order chi connectivity index (χ1) is 10.3. The van der Waals surface area contributed by atoms with Gasteiger partial charge in [0.1, 0.15) is 5.72 Å². The van der Waals surface area contributed by atoms with Crippen molar-refractivity contribution in [3.05, 3.63) is 35.4 Å². The molecule has 120 valence electrons. The van der Waals surface area contributed by atoms with Crippen molar-refractivity contribution in [1.29, 1.82) is 0 Å². The fourth-order valence-electron chi connectivity index (χ4n) is 3.45. The van der Waals surface area contributed by atoms with Crippen LogP contribution in [0.3, 0.4) is 0 Å². The highest BCUT2D eigenvalue weighted by molar-refractivity contribution is 5.76. The highest BCUT2D eigenvalue weighted by Crippen LogP contribution is 2.41. The zero-order chi connectivity index (χ0) is 16.0. The smallest absolute Gasteiger partial charge is 0.144 e. The standard InChI is InChI=1S/C19H28N2O/c1-18(2)9-7-14(8-10-18)16-13-15(5-6-17(16)20)19(3)21(4)11-12-22-19/h5-7,13H,8-12,20H2,1-4H3. The lowest BCUT2D eigenvalue weighted by atomic mass is 9.76. The van der Waals surface area contributed by atoms with E-state index in [1.807, 2.05) is 6.07 Å². The normalized spacial score (nSPS) is 28.6. The van der Waals surface area contributed by atoms with E-state index in [-0.39, 0.29) is 5.72 Å². The van der Waals surface area contributed by atoms with Gasteiger partial charge in [-0.2, -0.15) is 0 Å². The molecule has 1 heterocycles. The van der Waals surface area contributed by atoms with E-state index >= 15 is 0 Å². The summed E-state index contributed by atoms with van der Waals surface area (Å²) in [5.74, 6) is 0. The second-order valence-corrected chi connectivity index (χ2v) is 7.65. The van der Waals surface area contributed by atoms with Crippen molar-refractivity contribution in [1.82, 2.24) is 4.90 Å². The topological polar surface area (TPSA) is 38.5 Å². The molecule has 3 heteroatoms. The summed E-state index contributed by atoms with van der Waals surface area (Å²) in [6.45, 7) is 8.56. The van der Waals surface area contributed by atoms with Gasteiger partial charge in [0, 0.05) is 17.8 Å². The second kappa shape index (κ2) is 5.39. The van der Waals surface area contributed by atoms with Gasteiger partial charge in [-0.05, 0) is 61.9 Å². The van der Waals surface area contributed by atoms with Crippen molar-refractivity contribution in [2.24, 2.45) is 5.41 Å². The van der Waals surface area contributed by atoms with E-state index in [2.05, 4.69) is 50.9 Å². The van der Waals surface area contributed by atoms with E-state index in [1.54, 1.807) is 0 Å². The summed E-state index contributed by atoms with van der Waals surface area (Å²) >= 11 is 0. The number of hydrogen-bond donors (Lipinski definition) is 1. The first-order valence-corrected chi connectivity index (χ1v) is 8.26. The molecular formula is C19H28N2O. The Morgan fingerprint density at radius 1 is 1.23 bits per heavy atom. The Morgan fingerprint density at radius 3 is 2.59 bits per heavy atom. The summed E-state index contributed by atoms with van der Waals surface area (Å²) in [5, 5.41) is 0. The molecule has 0 radical (unpaired) electrons. The molecule has 1 aromatic rings. The van der Waals surface area contributed by atoms with Gasteiger partial charge in [0.2, 0.25) is 0 Å². The predicted molar refractivity (Wildman–Crippen MR) is 92.4 cm³/mol. The number of benzene rings is 1. The van der Waals surface area contributed by atoms with E-state index in [9.17, 15) is 0 Å². The van der Waals surface area contributed by atoms with Crippen LogP contribution in [0.15, 0.2) is 24.3 Å². The monoisotopic (exact) mass is 300 g/mol. The summed E-state index contributed by atoms with van der Waals surface area (Å²) < 4.78 is 6.02. The van der Waals surface area contributed by atoms with Crippen LogP contribution in [-0.2, 0) is 10.5 Å². The van der Waals surface area contributed by atoms with Crippen LogP contribution in [0.4, 0.5) is 5.69 Å². The van der Waals surface area contributed by atoms with Crippen molar-refractivity contribution in [3.63, 3.8) is 0 Å². The van der Waals surface area contributed by atoms with Crippen molar-refractivity contribution in [3.8, 4) is 0 Å². The van der Waals surface area contributed by atoms with Crippen LogP contribution >= 0.6 is 0 Å². The maximum atomic E-state index is 6.27. The number of ether oxygens (including phenoxy) is 1. The van der Waals surface area contributed by atoms with Crippen LogP contribution in [0.1, 0.15) is 51.2 Å². The number of rotatable bonds is 2. The number of hydrogen-bond acceptors (Lipinski definition) is 3. The van der Waals surface area contributed by atoms with Gasteiger partial charge in [0.25, 0.3) is 0 Å². The molecular weight excluding hydrogens is 272 g/mol. The fourth-order valence-corrected chi connectivity index (χ4v) is 3.45. The third-order valence-corrected chi connectivity index (χ3v) is 5.45. The minimum Gasteiger partial charge on any atom is -0.398 e. The summed E-state index contributed by atoms with van der Waals surface area (Å²) in [6.07, 6.45) is 5.82. The number of allylic oxidation sites excluding steroid dienone is 2. The molecule has 1 saturated heterocycles. The van der Waals surface area contributed by atoms with Crippen molar-refractivity contribution < 1.29 is 4.74 Å². The molecule has 1 unspecified atom stereocenters. The molecule has 3 rings (SSSR count). The van der Waals surface area contributed by atoms with Crippen LogP contribution in [0.5, 0.6) is 0 Å². The van der Waals surface area contributed by atoms with Crippen molar-refractivity contribution in [2.45, 2.75) is 45.8 Å². The maximum absolute atomic E-state index is 6.27. The lowest BCUT2D eigenvalue weighted by Crippen LogP contribution is -2.36. The molecule has 0 amide bonds. The summed E-state index contributed by atoms with van der Waals surface area (Å²) in [6, 6.07) is 6.38. The number of nitrogen functional groups attached to an aromatic ring is 1. The average Bonchev–Trinajstić information content (AvgIpc) is 2.81. The van der Waals surface area contributed by atoms with E-state index < -0.39 is 0 Å². The lowest BCUT2D eigenvalue weighted by Gasteiger charge is -2.33. The van der Waals surface area contributed by atoms with Gasteiger partial charge in [0.05, 0.1) is 6.61 Å². The van der Waals surface area contributed by atoms with Gasteiger partial charge < -0.3 is 10.5 Å². The van der Waals surface area contributed by atoms with Crippen LogP contribution < -0.4 is 5.73 Å². The summed E-state index contributed by atoms with van der Waals surface area (Å²) in [4.78, 5) is 2.26. The zero-order valence-electron chi connectivity index (χ0n) is 14.3. The molecule has 0 spiro atoms. The molecule has 1 fully saturated rings. The Morgan fingerprint density at radius 2 is 2.00 bits per heavy atom. The van der Waals surface area contributed by atoms with E-state index in [1.165, 1.54) is 23.1 Å². The molecule has 1 aliphatic carbocycles. The molecule has 0 bridgehead atoms. The minimum atomic E-state index is -0.336. The Hall–Kier alpha value is -1.32. The molecule has 0 aromatic heterocycles. The molecule has 2 aliphatic rings. The molecule has 22 heavy (non-hydrogen) atoms. The molecule has 3 nitrogen and oxygen atoms in total. The van der Waals surface area contributed by atoms with Crippen LogP contribution in [0, 0.1) is 5.41 Å². The van der Waals surface area contributed by atoms with Crippen LogP contribution in [0.2, 0.25) is 0 Å². The van der Waals surface area contributed by atoms with E-state index in [0.29, 0.717) is 5.41 Å². The third kappa shape index (κ3) is 2.68. The Labute approximate surface area is 134 Å². The van der Waals surface area contributed by atoms with Gasteiger partial charge in [0.15, 0.2) is 0 Å². The van der Waals surface area contributed by atoms with Crippen LogP contribution in [-0.4, -0.2) is 25.1 Å². The van der Waals surface area contributed by atoms with Gasteiger partial charge >= 0.3 is 0 Å². The molecule has 2 N–H and O–H groups in total. The van der Waals surface area contributed by atoms with Gasteiger partial charge in [-0.15, -0.1) is 0 Å². The van der Waals surface area contributed by atoms with Gasteiger partial charge in [-0.25, -0.2) is 0 Å². The number of anilines is 1. The summed E-state index contributed by atoms with van der Waals surface area (Å²) in [7, 11) is 2.12. The molecule has 1 aliphatic heterocycles. The van der Waals surface area contributed by atoms with Crippen molar-refractivity contribution >= 4 is 11.3 Å². The first-order valence-electron chi connectivity index (χ1n) is 8.26. The summed E-state index contributed by atoms with van der Waals surface area (Å²) in [5.41, 5.74) is 11.0. The highest BCUT2D eigenvalue weighted by Gasteiger charge is 2.37. The zero-order valence-corrected chi connectivity index (χ0v) is 14.3. The predicted octanol–water partition coefficient (Wildman–Crippen LogP) is 4.00. The Bertz CT molecular complexity index is 605. The van der Waals surface area contributed by atoms with Gasteiger partial charge in [-0.3, -0.25) is 4.90 Å². The third-order valence-electron chi connectivity index (χ3n) is 5.45. The molecule has 1 aromatic carbocycles. The lowest BCUT2D eigenvalue weighted by molar-refractivity contribution is -0.0617. The van der Waals surface area contributed by atoms with Crippen LogP contribution in [0.25, 0.3) is 5.57 Å². The Balaban J connectivity index is 1.96. The maximum Gasteiger partial charge on any atom is 0.144 e. The second-order valence-electron chi connectivity index (χ2n) is 7.65. The minimum absolute atomic E-state index is 0.336. The number of nitrogens with two attached hydrogens (primary N) is 1.